The molecule has 0 aromatic heterocycles. The Morgan fingerprint density at radius 2 is 1.76 bits per heavy atom. The summed E-state index contributed by atoms with van der Waals surface area (Å²) in [4.78, 5) is 22.4. The van der Waals surface area contributed by atoms with Gasteiger partial charge in [-0.05, 0) is 18.2 Å². The molecule has 0 fully saturated rings. The van der Waals surface area contributed by atoms with Crippen molar-refractivity contribution in [1.29, 1.82) is 0 Å². The molecule has 0 aliphatic rings. The Kier molecular flexibility index (Phi) is 2.44. The zero-order valence-corrected chi connectivity index (χ0v) is 8.81. The fourth-order valence-electron chi connectivity index (χ4n) is 1.81. The van der Waals surface area contributed by atoms with Crippen LogP contribution >= 0.6 is 0 Å². The molecule has 5 N–H and O–H groups in total. The van der Waals surface area contributed by atoms with Gasteiger partial charge in [-0.15, -0.1) is 0 Å². The van der Waals surface area contributed by atoms with Gasteiger partial charge in [0, 0.05) is 22.0 Å². The number of fused-ring (bicyclic) bond motifs is 1. The summed E-state index contributed by atoms with van der Waals surface area (Å²) in [5.41, 5.74) is 11.6. The Bertz CT molecular complexity index is 615. The maximum Gasteiger partial charge on any atom is 0.336 e. The fourth-order valence-corrected chi connectivity index (χ4v) is 1.81. The van der Waals surface area contributed by atoms with Crippen LogP contribution in [-0.4, -0.2) is 17.0 Å². The number of nitrogen functional groups attached to an aromatic ring is 1. The number of hydrogen-bond donors (Lipinski definition) is 3. The monoisotopic (exact) mass is 230 g/mol. The van der Waals surface area contributed by atoms with Gasteiger partial charge < -0.3 is 16.6 Å². The molecule has 0 spiro atoms. The summed E-state index contributed by atoms with van der Waals surface area (Å²) in [7, 11) is 0. The smallest absolute Gasteiger partial charge is 0.336 e. The largest absolute Gasteiger partial charge is 0.478 e. The number of carbonyl (C=O) groups excluding carboxylic acids is 1. The van der Waals surface area contributed by atoms with E-state index in [1.165, 1.54) is 18.2 Å². The maximum absolute atomic E-state index is 11.3. The van der Waals surface area contributed by atoms with Crippen LogP contribution in [-0.2, 0) is 0 Å². The molecule has 17 heavy (non-hydrogen) atoms. The van der Waals surface area contributed by atoms with Crippen molar-refractivity contribution < 1.29 is 14.7 Å². The molecule has 0 radical (unpaired) electrons. The average Bonchev–Trinajstić information content (AvgIpc) is 2.28. The van der Waals surface area contributed by atoms with Gasteiger partial charge in [-0.2, -0.15) is 0 Å². The fraction of sp³-hybridized carbons (Fsp3) is 0. The van der Waals surface area contributed by atoms with Gasteiger partial charge in [-0.25, -0.2) is 4.79 Å². The lowest BCUT2D eigenvalue weighted by Crippen LogP contribution is -2.13. The first kappa shape index (κ1) is 10.9. The SMILES string of the molecule is NC(=O)c1ccc(N)c2cccc(C(=O)O)c12. The van der Waals surface area contributed by atoms with E-state index < -0.39 is 11.9 Å². The summed E-state index contributed by atoms with van der Waals surface area (Å²) in [5, 5.41) is 9.89. The second kappa shape index (κ2) is 3.79. The highest BCUT2D eigenvalue weighted by Gasteiger charge is 2.15. The Hall–Kier alpha value is -2.56. The molecule has 2 aromatic carbocycles. The lowest BCUT2D eigenvalue weighted by molar-refractivity contribution is 0.0699. The first-order valence-corrected chi connectivity index (χ1v) is 4.86. The van der Waals surface area contributed by atoms with E-state index >= 15 is 0 Å². The number of anilines is 1. The predicted molar refractivity (Wildman–Crippen MR) is 63.8 cm³/mol. The van der Waals surface area contributed by atoms with E-state index in [0.29, 0.717) is 11.1 Å². The van der Waals surface area contributed by atoms with Crippen molar-refractivity contribution in [1.82, 2.24) is 0 Å². The summed E-state index contributed by atoms with van der Waals surface area (Å²) in [5.74, 6) is -1.80. The quantitative estimate of drug-likeness (QED) is 0.674. The summed E-state index contributed by atoms with van der Waals surface area (Å²) in [6, 6.07) is 7.62. The molecule has 0 unspecified atom stereocenters. The third-order valence-corrected chi connectivity index (χ3v) is 2.57. The molecule has 0 aliphatic carbocycles. The van der Waals surface area contributed by atoms with E-state index in [1.54, 1.807) is 12.1 Å². The molecule has 0 saturated carbocycles. The van der Waals surface area contributed by atoms with Crippen molar-refractivity contribution in [3.05, 3.63) is 41.5 Å². The summed E-state index contributed by atoms with van der Waals surface area (Å²) < 4.78 is 0. The number of aromatic carboxylic acids is 1. The van der Waals surface area contributed by atoms with E-state index in [4.69, 9.17) is 16.6 Å². The van der Waals surface area contributed by atoms with E-state index in [2.05, 4.69) is 0 Å². The van der Waals surface area contributed by atoms with E-state index in [-0.39, 0.29) is 16.5 Å². The zero-order chi connectivity index (χ0) is 12.6. The van der Waals surface area contributed by atoms with Crippen molar-refractivity contribution in [2.24, 2.45) is 5.73 Å². The van der Waals surface area contributed by atoms with Crippen molar-refractivity contribution >= 4 is 28.3 Å². The van der Waals surface area contributed by atoms with Gasteiger partial charge in [-0.1, -0.05) is 12.1 Å². The van der Waals surface area contributed by atoms with Crippen molar-refractivity contribution in [3.63, 3.8) is 0 Å². The standard InChI is InChI=1S/C12H10N2O3/c13-9-5-4-7(11(14)15)10-6(9)2-1-3-8(10)12(16)17/h1-5H,13H2,(H2,14,15)(H,16,17). The van der Waals surface area contributed by atoms with Crippen molar-refractivity contribution in [2.75, 3.05) is 5.73 Å². The number of nitrogens with two attached hydrogens (primary N) is 2. The highest BCUT2D eigenvalue weighted by atomic mass is 16.4. The summed E-state index contributed by atoms with van der Waals surface area (Å²) in [6.07, 6.45) is 0. The van der Waals surface area contributed by atoms with Gasteiger partial charge in [0.1, 0.15) is 0 Å². The minimum atomic E-state index is -1.12. The van der Waals surface area contributed by atoms with Crippen LogP contribution in [0.25, 0.3) is 10.8 Å². The Morgan fingerprint density at radius 1 is 1.06 bits per heavy atom. The van der Waals surface area contributed by atoms with Crippen molar-refractivity contribution in [2.45, 2.75) is 0 Å². The molecule has 5 heteroatoms. The molecule has 0 atom stereocenters. The molecule has 2 aromatic rings. The van der Waals surface area contributed by atoms with Gasteiger partial charge in [0.05, 0.1) is 5.56 Å². The Morgan fingerprint density at radius 3 is 2.35 bits per heavy atom. The molecular weight excluding hydrogens is 220 g/mol. The van der Waals surface area contributed by atoms with Gasteiger partial charge in [-0.3, -0.25) is 4.79 Å². The van der Waals surface area contributed by atoms with Crippen LogP contribution in [0, 0.1) is 0 Å². The first-order valence-electron chi connectivity index (χ1n) is 4.86. The maximum atomic E-state index is 11.3. The topological polar surface area (TPSA) is 106 Å². The van der Waals surface area contributed by atoms with E-state index in [9.17, 15) is 9.59 Å². The van der Waals surface area contributed by atoms with Gasteiger partial charge in [0.25, 0.3) is 0 Å². The number of primary amides is 1. The number of rotatable bonds is 2. The lowest BCUT2D eigenvalue weighted by atomic mass is 9.97. The molecule has 5 nitrogen and oxygen atoms in total. The minimum absolute atomic E-state index is 0.0172. The second-order valence-corrected chi connectivity index (χ2v) is 3.60. The van der Waals surface area contributed by atoms with E-state index in [1.807, 2.05) is 0 Å². The van der Waals surface area contributed by atoms with Crippen LogP contribution < -0.4 is 11.5 Å². The summed E-state index contributed by atoms with van der Waals surface area (Å²) in [6.45, 7) is 0. The third kappa shape index (κ3) is 1.67. The Balaban J connectivity index is 2.99. The molecule has 0 aliphatic heterocycles. The Labute approximate surface area is 96.6 Å². The molecule has 1 amide bonds. The molecule has 0 heterocycles. The van der Waals surface area contributed by atoms with Crippen LogP contribution in [0.1, 0.15) is 20.7 Å². The van der Waals surface area contributed by atoms with Gasteiger partial charge in [0.2, 0.25) is 5.91 Å². The minimum Gasteiger partial charge on any atom is -0.478 e. The highest BCUT2D eigenvalue weighted by Crippen LogP contribution is 2.27. The normalized spacial score (nSPS) is 10.4. The average molecular weight is 230 g/mol. The van der Waals surface area contributed by atoms with Crippen LogP contribution in [0.4, 0.5) is 5.69 Å². The number of carboxylic acid groups (broad SMARTS) is 1. The number of benzene rings is 2. The highest BCUT2D eigenvalue weighted by molar-refractivity contribution is 6.16. The van der Waals surface area contributed by atoms with Gasteiger partial charge >= 0.3 is 5.97 Å². The zero-order valence-electron chi connectivity index (χ0n) is 8.81. The lowest BCUT2D eigenvalue weighted by Gasteiger charge is -2.08. The number of amides is 1. The predicted octanol–water partition coefficient (Wildman–Crippen LogP) is 1.22. The van der Waals surface area contributed by atoms with Crippen LogP contribution in [0.3, 0.4) is 0 Å². The number of carbonyl (C=O) groups is 2. The summed E-state index contributed by atoms with van der Waals surface area (Å²) >= 11 is 0. The van der Waals surface area contributed by atoms with Crippen LogP contribution in [0.2, 0.25) is 0 Å². The molecule has 86 valence electrons. The van der Waals surface area contributed by atoms with E-state index in [0.717, 1.165) is 0 Å². The molecule has 0 bridgehead atoms. The molecule has 0 saturated heterocycles. The van der Waals surface area contributed by atoms with Gasteiger partial charge in [0.15, 0.2) is 0 Å². The van der Waals surface area contributed by atoms with Crippen LogP contribution in [0.15, 0.2) is 30.3 Å². The molecular formula is C12H10N2O3. The number of carboxylic acids is 1. The molecule has 2 rings (SSSR count). The van der Waals surface area contributed by atoms with Crippen LogP contribution in [0.5, 0.6) is 0 Å². The van der Waals surface area contributed by atoms with Crippen molar-refractivity contribution in [3.8, 4) is 0 Å². The first-order chi connectivity index (χ1) is 8.02. The number of hydrogen-bond acceptors (Lipinski definition) is 3. The third-order valence-electron chi connectivity index (χ3n) is 2.57. The second-order valence-electron chi connectivity index (χ2n) is 3.60.